The van der Waals surface area contributed by atoms with E-state index in [4.69, 9.17) is 0 Å². The average Bonchev–Trinajstić information content (AvgIpc) is 2.26. The monoisotopic (exact) mass is 257 g/mol. The Hall–Kier alpha value is -1.14. The van der Waals surface area contributed by atoms with Crippen LogP contribution in [0.1, 0.15) is 26.7 Å². The minimum absolute atomic E-state index is 0.159. The van der Waals surface area contributed by atoms with Gasteiger partial charge in [0, 0.05) is 13.1 Å². The molecule has 6 heteroatoms. The molecule has 0 aliphatic carbocycles. The van der Waals surface area contributed by atoms with Gasteiger partial charge in [0.2, 0.25) is 5.91 Å². The summed E-state index contributed by atoms with van der Waals surface area (Å²) in [4.78, 5) is 24.8. The van der Waals surface area contributed by atoms with Crippen molar-refractivity contribution in [3.05, 3.63) is 0 Å². The van der Waals surface area contributed by atoms with E-state index in [-0.39, 0.29) is 18.6 Å². The van der Waals surface area contributed by atoms with Gasteiger partial charge in [-0.05, 0) is 25.3 Å². The summed E-state index contributed by atoms with van der Waals surface area (Å²) in [5.74, 6) is 0.0217. The van der Waals surface area contributed by atoms with Crippen molar-refractivity contribution < 1.29 is 14.7 Å². The number of nitrogens with zero attached hydrogens (tertiary/aromatic N) is 1. The van der Waals surface area contributed by atoms with Gasteiger partial charge in [0.25, 0.3) is 0 Å². The second-order valence-corrected chi connectivity index (χ2v) is 5.18. The van der Waals surface area contributed by atoms with Crippen LogP contribution in [-0.2, 0) is 4.79 Å². The van der Waals surface area contributed by atoms with Crippen molar-refractivity contribution in [2.75, 3.05) is 26.2 Å². The molecule has 0 radical (unpaired) electrons. The number of piperidine rings is 1. The third-order valence-corrected chi connectivity index (χ3v) is 2.77. The fourth-order valence-corrected chi connectivity index (χ4v) is 1.89. The molecule has 6 nitrogen and oxygen atoms in total. The second kappa shape index (κ2) is 7.33. The maximum Gasteiger partial charge on any atom is 0.321 e. The van der Waals surface area contributed by atoms with Crippen LogP contribution in [0, 0.1) is 5.92 Å². The van der Waals surface area contributed by atoms with E-state index in [1.54, 1.807) is 0 Å². The van der Waals surface area contributed by atoms with Crippen LogP contribution in [0.15, 0.2) is 0 Å². The molecular weight excluding hydrogens is 234 g/mol. The third-order valence-electron chi connectivity index (χ3n) is 2.77. The van der Waals surface area contributed by atoms with Crippen LogP contribution in [0.2, 0.25) is 0 Å². The molecule has 0 spiro atoms. The van der Waals surface area contributed by atoms with Crippen molar-refractivity contribution in [1.29, 1.82) is 0 Å². The molecule has 1 saturated heterocycles. The number of β-amino-alcohol motifs (C(OH)–C–C–N with tert-alkyl or cyclic N) is 1. The van der Waals surface area contributed by atoms with E-state index in [1.165, 1.54) is 0 Å². The molecule has 1 unspecified atom stereocenters. The quantitative estimate of drug-likeness (QED) is 0.658. The lowest BCUT2D eigenvalue weighted by atomic mass is 10.1. The number of hydrogen-bond acceptors (Lipinski definition) is 4. The highest BCUT2D eigenvalue weighted by Crippen LogP contribution is 2.08. The zero-order chi connectivity index (χ0) is 13.5. The minimum Gasteiger partial charge on any atom is -0.392 e. The third kappa shape index (κ3) is 5.97. The predicted octanol–water partition coefficient (Wildman–Crippen LogP) is -0.0751. The number of urea groups is 1. The van der Waals surface area contributed by atoms with Gasteiger partial charge in [-0.1, -0.05) is 13.8 Å². The molecule has 0 aromatic heterocycles. The first kappa shape index (κ1) is 14.9. The van der Waals surface area contributed by atoms with Crippen molar-refractivity contribution >= 4 is 11.9 Å². The lowest BCUT2D eigenvalue weighted by Gasteiger charge is -2.29. The second-order valence-electron chi connectivity index (χ2n) is 5.18. The number of likely N-dealkylation sites (tertiary alicyclic amines) is 1. The molecule has 3 amide bonds. The molecule has 0 bridgehead atoms. The van der Waals surface area contributed by atoms with E-state index in [0.717, 1.165) is 19.4 Å². The van der Waals surface area contributed by atoms with Crippen LogP contribution in [-0.4, -0.2) is 54.2 Å². The number of nitrogens with one attached hydrogen (secondary N) is 2. The highest BCUT2D eigenvalue weighted by molar-refractivity contribution is 5.95. The van der Waals surface area contributed by atoms with Crippen molar-refractivity contribution in [3.8, 4) is 0 Å². The van der Waals surface area contributed by atoms with Gasteiger partial charge >= 0.3 is 6.03 Å². The Morgan fingerprint density at radius 2 is 2.17 bits per heavy atom. The maximum atomic E-state index is 11.6. The van der Waals surface area contributed by atoms with E-state index in [2.05, 4.69) is 10.6 Å². The molecule has 1 rings (SSSR count). The summed E-state index contributed by atoms with van der Waals surface area (Å²) in [6.07, 6.45) is 1.31. The van der Waals surface area contributed by atoms with Gasteiger partial charge in [0.1, 0.15) is 0 Å². The Morgan fingerprint density at radius 1 is 1.44 bits per heavy atom. The average molecular weight is 257 g/mol. The van der Waals surface area contributed by atoms with Crippen LogP contribution >= 0.6 is 0 Å². The molecule has 0 saturated carbocycles. The normalized spacial score (nSPS) is 20.8. The van der Waals surface area contributed by atoms with Gasteiger partial charge in [0.05, 0.1) is 12.6 Å². The van der Waals surface area contributed by atoms with Gasteiger partial charge in [-0.25, -0.2) is 4.79 Å². The first-order valence-electron chi connectivity index (χ1n) is 6.45. The lowest BCUT2D eigenvalue weighted by Crippen LogP contribution is -2.48. The zero-order valence-corrected chi connectivity index (χ0v) is 11.1. The SMILES string of the molecule is CC(C)CNC(=O)NC(=O)CN1CCCC(O)C1. The Kier molecular flexibility index (Phi) is 6.07. The van der Waals surface area contributed by atoms with E-state index < -0.39 is 6.03 Å². The molecule has 0 aromatic carbocycles. The zero-order valence-electron chi connectivity index (χ0n) is 11.1. The van der Waals surface area contributed by atoms with Crippen molar-refractivity contribution in [1.82, 2.24) is 15.5 Å². The molecular formula is C12H23N3O3. The predicted molar refractivity (Wildman–Crippen MR) is 68.1 cm³/mol. The van der Waals surface area contributed by atoms with E-state index >= 15 is 0 Å². The van der Waals surface area contributed by atoms with E-state index in [0.29, 0.717) is 19.0 Å². The number of aliphatic hydroxyl groups is 1. The maximum absolute atomic E-state index is 11.6. The highest BCUT2D eigenvalue weighted by Gasteiger charge is 2.20. The standard InChI is InChI=1S/C12H23N3O3/c1-9(2)6-13-12(18)14-11(17)8-15-5-3-4-10(16)7-15/h9-10,16H,3-8H2,1-2H3,(H2,13,14,17,18). The molecule has 3 N–H and O–H groups in total. The number of rotatable bonds is 4. The Labute approximate surface area is 108 Å². The fourth-order valence-electron chi connectivity index (χ4n) is 1.89. The van der Waals surface area contributed by atoms with Crippen molar-refractivity contribution in [2.45, 2.75) is 32.8 Å². The van der Waals surface area contributed by atoms with E-state index in [9.17, 15) is 14.7 Å². The summed E-state index contributed by atoms with van der Waals surface area (Å²) < 4.78 is 0. The number of aliphatic hydroxyl groups excluding tert-OH is 1. The lowest BCUT2D eigenvalue weighted by molar-refractivity contribution is -0.121. The number of carbonyl (C=O) groups excluding carboxylic acids is 2. The van der Waals surface area contributed by atoms with Crippen LogP contribution in [0.5, 0.6) is 0 Å². The topological polar surface area (TPSA) is 81.7 Å². The van der Waals surface area contributed by atoms with Gasteiger partial charge in [-0.3, -0.25) is 15.0 Å². The van der Waals surface area contributed by atoms with Gasteiger partial charge in [0.15, 0.2) is 0 Å². The first-order chi connectivity index (χ1) is 8.47. The molecule has 0 aromatic rings. The van der Waals surface area contributed by atoms with Crippen molar-refractivity contribution in [2.24, 2.45) is 5.92 Å². The molecule has 1 aliphatic rings. The summed E-state index contributed by atoms with van der Waals surface area (Å²) in [5, 5.41) is 14.4. The molecule has 18 heavy (non-hydrogen) atoms. The summed E-state index contributed by atoms with van der Waals surface area (Å²) in [7, 11) is 0. The van der Waals surface area contributed by atoms with Gasteiger partial charge in [-0.15, -0.1) is 0 Å². The fraction of sp³-hybridized carbons (Fsp3) is 0.833. The number of carbonyl (C=O) groups is 2. The van der Waals surface area contributed by atoms with Crippen LogP contribution in [0.25, 0.3) is 0 Å². The minimum atomic E-state index is -0.453. The Balaban J connectivity index is 2.22. The van der Waals surface area contributed by atoms with E-state index in [1.807, 2.05) is 18.7 Å². The largest absolute Gasteiger partial charge is 0.392 e. The highest BCUT2D eigenvalue weighted by atomic mass is 16.3. The van der Waals surface area contributed by atoms with Gasteiger partial charge < -0.3 is 10.4 Å². The van der Waals surface area contributed by atoms with Crippen LogP contribution < -0.4 is 10.6 Å². The van der Waals surface area contributed by atoms with Crippen LogP contribution in [0.3, 0.4) is 0 Å². The number of amides is 3. The Morgan fingerprint density at radius 3 is 2.78 bits per heavy atom. The summed E-state index contributed by atoms with van der Waals surface area (Å²) in [6.45, 7) is 5.96. The molecule has 1 aliphatic heterocycles. The first-order valence-corrected chi connectivity index (χ1v) is 6.45. The number of hydrogen-bond donors (Lipinski definition) is 3. The summed E-state index contributed by atoms with van der Waals surface area (Å²) in [5.41, 5.74) is 0. The molecule has 1 heterocycles. The number of imide groups is 1. The van der Waals surface area contributed by atoms with Crippen molar-refractivity contribution in [3.63, 3.8) is 0 Å². The molecule has 104 valence electrons. The Bertz CT molecular complexity index is 294. The van der Waals surface area contributed by atoms with Crippen LogP contribution in [0.4, 0.5) is 4.79 Å². The summed E-state index contributed by atoms with van der Waals surface area (Å²) in [6, 6.07) is -0.453. The molecule has 1 atom stereocenters. The smallest absolute Gasteiger partial charge is 0.321 e. The van der Waals surface area contributed by atoms with Gasteiger partial charge in [-0.2, -0.15) is 0 Å². The summed E-state index contributed by atoms with van der Waals surface area (Å²) >= 11 is 0. The molecule has 1 fully saturated rings.